The van der Waals surface area contributed by atoms with Gasteiger partial charge in [-0.05, 0) is 37.1 Å². The molecular weight excluding hydrogens is 396 g/mol. The van der Waals surface area contributed by atoms with Gasteiger partial charge in [0.2, 0.25) is 0 Å². The number of β-amino-alcohol motifs (C(OH)–C–C–N with tert-alkyl or cyclic N) is 1. The Hall–Kier alpha value is -2.71. The Morgan fingerprint density at radius 1 is 1.00 bits per heavy atom. The summed E-state index contributed by atoms with van der Waals surface area (Å²) in [6, 6.07) is 7.64. The molecule has 0 atom stereocenters. The number of carbonyl (C=O) groups excluding carboxylic acids is 3. The van der Waals surface area contributed by atoms with Gasteiger partial charge >= 0.3 is 0 Å². The van der Waals surface area contributed by atoms with E-state index in [1.807, 2.05) is 4.90 Å². The largest absolute Gasteiger partial charge is 0.395 e. The lowest BCUT2D eigenvalue weighted by Crippen LogP contribution is -2.52. The summed E-state index contributed by atoms with van der Waals surface area (Å²) in [6.45, 7) is 3.07. The van der Waals surface area contributed by atoms with Crippen molar-refractivity contribution in [2.45, 2.75) is 38.1 Å². The smallest absolute Gasteiger partial charge is 0.277 e. The summed E-state index contributed by atoms with van der Waals surface area (Å²) >= 11 is 0. The first-order chi connectivity index (χ1) is 15.1. The van der Waals surface area contributed by atoms with Crippen molar-refractivity contribution in [1.29, 1.82) is 0 Å². The Labute approximate surface area is 182 Å². The molecule has 2 N–H and O–H groups in total. The van der Waals surface area contributed by atoms with Crippen molar-refractivity contribution in [3.8, 4) is 0 Å². The molecule has 1 aromatic rings. The number of anilines is 1. The highest BCUT2D eigenvalue weighted by atomic mass is 16.3. The van der Waals surface area contributed by atoms with Crippen LogP contribution in [0, 0.1) is 0 Å². The quantitative estimate of drug-likeness (QED) is 0.669. The zero-order chi connectivity index (χ0) is 21.8. The Morgan fingerprint density at radius 3 is 2.32 bits per heavy atom. The molecule has 1 saturated carbocycles. The molecular formula is C23H30N4O4. The predicted octanol–water partition coefficient (Wildman–Crippen LogP) is 1.43. The lowest BCUT2D eigenvalue weighted by Gasteiger charge is -2.40. The second kappa shape index (κ2) is 9.62. The van der Waals surface area contributed by atoms with Gasteiger partial charge in [0.25, 0.3) is 17.7 Å². The molecule has 166 valence electrons. The van der Waals surface area contributed by atoms with Gasteiger partial charge in [-0.3, -0.25) is 24.2 Å². The van der Waals surface area contributed by atoms with Gasteiger partial charge in [-0.15, -0.1) is 0 Å². The summed E-state index contributed by atoms with van der Waals surface area (Å²) in [7, 11) is 0. The van der Waals surface area contributed by atoms with E-state index in [9.17, 15) is 14.4 Å². The maximum absolute atomic E-state index is 12.9. The first kappa shape index (κ1) is 21.5. The minimum atomic E-state index is -0.463. The van der Waals surface area contributed by atoms with Crippen LogP contribution in [0.4, 0.5) is 5.69 Å². The number of aliphatic hydroxyl groups is 1. The Bertz CT molecular complexity index is 853. The lowest BCUT2D eigenvalue weighted by atomic mass is 9.94. The topological polar surface area (TPSA) is 93.2 Å². The molecule has 0 radical (unpaired) electrons. The second-order valence-electron chi connectivity index (χ2n) is 8.40. The molecule has 1 aromatic carbocycles. The molecule has 2 aliphatic heterocycles. The standard InChI is InChI=1S/C23H30N4O4/c28-15-14-27-21(29)16-20(23(27)31)24-18-8-6-17(7-9-18)22(30)26-12-10-25(11-13-26)19-4-2-1-3-5-19/h6-9,16,19,24,28H,1-5,10-15H2. The highest BCUT2D eigenvalue weighted by molar-refractivity contribution is 6.17. The van der Waals surface area contributed by atoms with Gasteiger partial charge in [-0.25, -0.2) is 0 Å². The van der Waals surface area contributed by atoms with Gasteiger partial charge in [-0.1, -0.05) is 19.3 Å². The maximum Gasteiger partial charge on any atom is 0.277 e. The fraction of sp³-hybridized carbons (Fsp3) is 0.522. The first-order valence-corrected chi connectivity index (χ1v) is 11.2. The van der Waals surface area contributed by atoms with Crippen LogP contribution in [0.1, 0.15) is 42.5 Å². The van der Waals surface area contributed by atoms with Crippen molar-refractivity contribution in [3.05, 3.63) is 41.6 Å². The molecule has 8 heteroatoms. The lowest BCUT2D eigenvalue weighted by molar-refractivity contribution is -0.137. The molecule has 2 fully saturated rings. The Kier molecular flexibility index (Phi) is 6.67. The number of carbonyl (C=O) groups is 3. The molecule has 0 unspecified atom stereocenters. The zero-order valence-corrected chi connectivity index (χ0v) is 17.8. The molecule has 3 aliphatic rings. The third-order valence-electron chi connectivity index (χ3n) is 6.44. The number of rotatable bonds is 6. The van der Waals surface area contributed by atoms with E-state index in [-0.39, 0.29) is 24.8 Å². The van der Waals surface area contributed by atoms with E-state index in [0.717, 1.165) is 31.1 Å². The average molecular weight is 427 g/mol. The van der Waals surface area contributed by atoms with Crippen molar-refractivity contribution >= 4 is 23.4 Å². The van der Waals surface area contributed by atoms with E-state index in [2.05, 4.69) is 10.2 Å². The molecule has 31 heavy (non-hydrogen) atoms. The van der Waals surface area contributed by atoms with Gasteiger partial charge in [0.15, 0.2) is 0 Å². The second-order valence-corrected chi connectivity index (χ2v) is 8.40. The maximum atomic E-state index is 12.9. The average Bonchev–Trinajstić information content (AvgIpc) is 3.07. The summed E-state index contributed by atoms with van der Waals surface area (Å²) in [5.74, 6) is -0.883. The van der Waals surface area contributed by atoms with Gasteiger partial charge in [0.05, 0.1) is 13.2 Å². The van der Waals surface area contributed by atoms with Crippen LogP contribution in [-0.4, -0.2) is 82.9 Å². The van der Waals surface area contributed by atoms with Crippen molar-refractivity contribution in [1.82, 2.24) is 14.7 Å². The molecule has 0 aromatic heterocycles. The van der Waals surface area contributed by atoms with E-state index in [1.165, 1.54) is 38.2 Å². The predicted molar refractivity (Wildman–Crippen MR) is 116 cm³/mol. The number of hydrogen-bond donors (Lipinski definition) is 2. The summed E-state index contributed by atoms with van der Waals surface area (Å²) < 4.78 is 0. The fourth-order valence-corrected chi connectivity index (χ4v) is 4.68. The Morgan fingerprint density at radius 2 is 1.68 bits per heavy atom. The van der Waals surface area contributed by atoms with E-state index in [1.54, 1.807) is 24.3 Å². The summed E-state index contributed by atoms with van der Waals surface area (Å²) in [4.78, 5) is 42.4. The minimum Gasteiger partial charge on any atom is -0.395 e. The summed E-state index contributed by atoms with van der Waals surface area (Å²) in [5, 5.41) is 11.9. The van der Waals surface area contributed by atoms with Crippen molar-refractivity contribution in [3.63, 3.8) is 0 Å². The van der Waals surface area contributed by atoms with E-state index < -0.39 is 11.8 Å². The van der Waals surface area contributed by atoms with Crippen LogP contribution in [0.5, 0.6) is 0 Å². The normalized spacial score (nSPS) is 20.9. The van der Waals surface area contributed by atoms with Gasteiger partial charge in [0.1, 0.15) is 5.70 Å². The third-order valence-corrected chi connectivity index (χ3v) is 6.44. The van der Waals surface area contributed by atoms with E-state index in [0.29, 0.717) is 17.3 Å². The van der Waals surface area contributed by atoms with Crippen LogP contribution in [-0.2, 0) is 9.59 Å². The molecule has 1 aliphatic carbocycles. The molecule has 3 amide bonds. The van der Waals surface area contributed by atoms with Gasteiger partial charge in [-0.2, -0.15) is 0 Å². The number of nitrogens with one attached hydrogen (secondary N) is 1. The molecule has 0 bridgehead atoms. The number of benzene rings is 1. The van der Waals surface area contributed by atoms with Crippen LogP contribution >= 0.6 is 0 Å². The number of nitrogens with zero attached hydrogens (tertiary/aromatic N) is 3. The van der Waals surface area contributed by atoms with Gasteiger partial charge in [0, 0.05) is 49.5 Å². The molecule has 0 spiro atoms. The number of amides is 3. The fourth-order valence-electron chi connectivity index (χ4n) is 4.68. The molecule has 1 saturated heterocycles. The first-order valence-electron chi connectivity index (χ1n) is 11.2. The molecule has 2 heterocycles. The monoisotopic (exact) mass is 426 g/mol. The minimum absolute atomic E-state index is 0.0234. The number of aliphatic hydroxyl groups excluding tert-OH is 1. The van der Waals surface area contributed by atoms with Crippen LogP contribution < -0.4 is 5.32 Å². The van der Waals surface area contributed by atoms with Crippen LogP contribution in [0.2, 0.25) is 0 Å². The number of hydrogen-bond acceptors (Lipinski definition) is 6. The summed E-state index contributed by atoms with van der Waals surface area (Å²) in [5.41, 5.74) is 1.40. The molecule has 4 rings (SSSR count). The summed E-state index contributed by atoms with van der Waals surface area (Å²) in [6.07, 6.45) is 7.78. The third kappa shape index (κ3) is 4.80. The Balaban J connectivity index is 1.31. The zero-order valence-electron chi connectivity index (χ0n) is 17.8. The SMILES string of the molecule is O=C(c1ccc(NC2=CC(=O)N(CCO)C2=O)cc1)N1CCN(C2CCCCC2)CC1. The van der Waals surface area contributed by atoms with Crippen LogP contribution in [0.3, 0.4) is 0 Å². The number of piperazine rings is 1. The van der Waals surface area contributed by atoms with Crippen molar-refractivity contribution < 1.29 is 19.5 Å². The van der Waals surface area contributed by atoms with Crippen LogP contribution in [0.25, 0.3) is 0 Å². The van der Waals surface area contributed by atoms with Crippen molar-refractivity contribution in [2.75, 3.05) is 44.6 Å². The van der Waals surface area contributed by atoms with E-state index >= 15 is 0 Å². The van der Waals surface area contributed by atoms with Gasteiger partial charge < -0.3 is 15.3 Å². The van der Waals surface area contributed by atoms with E-state index in [4.69, 9.17) is 5.11 Å². The number of imide groups is 1. The van der Waals surface area contributed by atoms with Crippen molar-refractivity contribution in [2.24, 2.45) is 0 Å². The highest BCUT2D eigenvalue weighted by Gasteiger charge is 2.31. The van der Waals surface area contributed by atoms with Crippen LogP contribution in [0.15, 0.2) is 36.0 Å². The highest BCUT2D eigenvalue weighted by Crippen LogP contribution is 2.24. The molecule has 8 nitrogen and oxygen atoms in total.